The molecule has 37 heavy (non-hydrogen) atoms. The molecule has 6 rings (SSSR count). The molecule has 186 valence electrons. The molecular formula is C32H25N2OPtS-. The minimum absolute atomic E-state index is 0. The van der Waals surface area contributed by atoms with Gasteiger partial charge in [-0.3, -0.25) is 4.98 Å². The van der Waals surface area contributed by atoms with E-state index in [2.05, 4.69) is 75.4 Å². The molecular weight excluding hydrogens is 656 g/mol. The molecule has 0 saturated carbocycles. The second kappa shape index (κ2) is 9.85. The topological polar surface area (TPSA) is 46.0 Å². The molecule has 0 aliphatic carbocycles. The van der Waals surface area contributed by atoms with E-state index in [1.165, 1.54) is 5.56 Å². The van der Waals surface area contributed by atoms with Crippen LogP contribution in [0, 0.1) is 6.07 Å². The average molecular weight is 681 g/mol. The van der Waals surface area contributed by atoms with E-state index in [-0.39, 0.29) is 32.2 Å². The van der Waals surface area contributed by atoms with Gasteiger partial charge in [0.2, 0.25) is 0 Å². The van der Waals surface area contributed by atoms with Gasteiger partial charge < -0.3 is 5.11 Å². The number of fused-ring (bicyclic) bond motifs is 2. The zero-order chi connectivity index (χ0) is 24.9. The molecule has 1 N–H and O–H groups in total. The summed E-state index contributed by atoms with van der Waals surface area (Å²) >= 11 is 1.61. The first-order chi connectivity index (χ1) is 17.4. The van der Waals surface area contributed by atoms with Crippen LogP contribution in [0.5, 0.6) is 5.75 Å². The van der Waals surface area contributed by atoms with Crippen LogP contribution < -0.4 is 0 Å². The van der Waals surface area contributed by atoms with Gasteiger partial charge in [-0.2, -0.15) is 0 Å². The molecule has 0 amide bonds. The summed E-state index contributed by atoms with van der Waals surface area (Å²) in [6.07, 6.45) is 1.92. The van der Waals surface area contributed by atoms with Crippen LogP contribution in [-0.4, -0.2) is 15.1 Å². The summed E-state index contributed by atoms with van der Waals surface area (Å²) in [4.78, 5) is 9.72. The van der Waals surface area contributed by atoms with Crippen molar-refractivity contribution in [1.82, 2.24) is 9.97 Å². The monoisotopic (exact) mass is 680 g/mol. The van der Waals surface area contributed by atoms with E-state index in [1.54, 1.807) is 17.4 Å². The molecule has 0 aliphatic rings. The molecule has 2 heterocycles. The standard InChI is InChI=1S/C32H25N2OS.Pt/c1-32(2,3)24-17-26(30-29(18-24)36-31(34-30)25-13-6-7-14-28(25)35)21-11-8-12-22(15-21)27-16-20-9-4-5-10-23(20)19-33-27;/h4-14,16-19,35H,1-3H3;/q-1;. The molecule has 0 fully saturated rings. The molecule has 0 bridgehead atoms. The van der Waals surface area contributed by atoms with Gasteiger partial charge in [-0.1, -0.05) is 80.4 Å². The normalized spacial score (nSPS) is 11.5. The molecule has 6 aromatic rings. The Hall–Kier alpha value is -3.33. The third-order valence-electron chi connectivity index (χ3n) is 6.49. The Kier molecular flexibility index (Phi) is 6.74. The van der Waals surface area contributed by atoms with Gasteiger partial charge in [0.15, 0.2) is 0 Å². The van der Waals surface area contributed by atoms with Crippen molar-refractivity contribution in [2.45, 2.75) is 26.2 Å². The van der Waals surface area contributed by atoms with Crippen LogP contribution in [0.25, 0.3) is 53.9 Å². The number of hydrogen-bond donors (Lipinski definition) is 1. The van der Waals surface area contributed by atoms with Gasteiger partial charge in [-0.25, -0.2) is 4.98 Å². The van der Waals surface area contributed by atoms with Gasteiger partial charge in [0.05, 0.1) is 11.1 Å². The number of thiazole rings is 1. The number of rotatable bonds is 3. The van der Waals surface area contributed by atoms with Crippen molar-refractivity contribution in [3.05, 3.63) is 103 Å². The van der Waals surface area contributed by atoms with Crippen LogP contribution in [0.15, 0.2) is 91.1 Å². The predicted octanol–water partition coefficient (Wildman–Crippen LogP) is 8.65. The number of para-hydroxylation sites is 1. The second-order valence-electron chi connectivity index (χ2n) is 10.1. The Labute approximate surface area is 235 Å². The number of pyridine rings is 1. The Morgan fingerprint density at radius 2 is 1.51 bits per heavy atom. The van der Waals surface area contributed by atoms with Crippen molar-refractivity contribution >= 4 is 32.3 Å². The quantitative estimate of drug-likeness (QED) is 0.191. The summed E-state index contributed by atoms with van der Waals surface area (Å²) in [5.74, 6) is 0.241. The molecule has 0 spiro atoms. The van der Waals surface area contributed by atoms with Crippen LogP contribution in [0.3, 0.4) is 0 Å². The Balaban J connectivity index is 0.00000280. The molecule has 5 heteroatoms. The van der Waals surface area contributed by atoms with Crippen LogP contribution >= 0.6 is 11.3 Å². The summed E-state index contributed by atoms with van der Waals surface area (Å²) in [5.41, 5.74) is 6.74. The molecule has 3 nitrogen and oxygen atoms in total. The Morgan fingerprint density at radius 3 is 2.30 bits per heavy atom. The minimum atomic E-state index is -0.0283. The number of phenolic OH excluding ortho intramolecular Hbond substituents is 1. The molecule has 0 unspecified atom stereocenters. The van der Waals surface area contributed by atoms with Crippen molar-refractivity contribution in [2.75, 3.05) is 0 Å². The van der Waals surface area contributed by atoms with E-state index in [9.17, 15) is 5.11 Å². The third-order valence-corrected chi connectivity index (χ3v) is 7.52. The summed E-state index contributed by atoms with van der Waals surface area (Å²) in [7, 11) is 0. The van der Waals surface area contributed by atoms with E-state index in [0.717, 1.165) is 53.9 Å². The largest absolute Gasteiger partial charge is 0.507 e. The maximum absolute atomic E-state index is 10.5. The number of hydrogen-bond acceptors (Lipinski definition) is 4. The minimum Gasteiger partial charge on any atom is -0.507 e. The van der Waals surface area contributed by atoms with Gasteiger partial charge in [-0.15, -0.1) is 41.2 Å². The Morgan fingerprint density at radius 1 is 0.784 bits per heavy atom. The van der Waals surface area contributed by atoms with Gasteiger partial charge in [0.1, 0.15) is 10.8 Å². The third kappa shape index (κ3) is 4.84. The number of benzene rings is 4. The van der Waals surface area contributed by atoms with Gasteiger partial charge in [-0.05, 0) is 39.9 Å². The maximum Gasteiger partial charge on any atom is 0.127 e. The molecule has 0 atom stereocenters. The average Bonchev–Trinajstić information content (AvgIpc) is 3.32. The van der Waals surface area contributed by atoms with Gasteiger partial charge >= 0.3 is 0 Å². The number of aromatic nitrogens is 2. The van der Waals surface area contributed by atoms with Crippen molar-refractivity contribution in [1.29, 1.82) is 0 Å². The fourth-order valence-electron chi connectivity index (χ4n) is 4.44. The number of aromatic hydroxyl groups is 1. The van der Waals surface area contributed by atoms with E-state index in [1.807, 2.05) is 36.5 Å². The molecule has 4 aromatic carbocycles. The summed E-state index contributed by atoms with van der Waals surface area (Å²) < 4.78 is 1.10. The SMILES string of the molecule is CC(C)(C)c1cc(-c2[c-]c(-c3cc4ccccc4cn3)ccc2)c2nc(-c3ccccc3O)sc2c1.[Pt]. The van der Waals surface area contributed by atoms with E-state index < -0.39 is 0 Å². The zero-order valence-corrected chi connectivity index (χ0v) is 23.8. The summed E-state index contributed by atoms with van der Waals surface area (Å²) in [6.45, 7) is 6.67. The molecule has 0 aliphatic heterocycles. The van der Waals surface area contributed by atoms with Crippen molar-refractivity contribution in [3.63, 3.8) is 0 Å². The summed E-state index contributed by atoms with van der Waals surface area (Å²) in [5, 5.41) is 13.5. The first kappa shape index (κ1) is 25.3. The molecule has 0 saturated heterocycles. The molecule has 0 radical (unpaired) electrons. The van der Waals surface area contributed by atoms with E-state index in [4.69, 9.17) is 9.97 Å². The van der Waals surface area contributed by atoms with Gasteiger partial charge in [0.25, 0.3) is 0 Å². The second-order valence-corrected chi connectivity index (χ2v) is 11.1. The van der Waals surface area contributed by atoms with Crippen LogP contribution in [0.1, 0.15) is 26.3 Å². The first-order valence-electron chi connectivity index (χ1n) is 12.0. The van der Waals surface area contributed by atoms with E-state index in [0.29, 0.717) is 0 Å². The van der Waals surface area contributed by atoms with E-state index >= 15 is 0 Å². The van der Waals surface area contributed by atoms with Crippen LogP contribution in [0.4, 0.5) is 0 Å². The van der Waals surface area contributed by atoms with Crippen molar-refractivity contribution < 1.29 is 26.2 Å². The molecule has 2 aromatic heterocycles. The van der Waals surface area contributed by atoms with Crippen LogP contribution in [-0.2, 0) is 26.5 Å². The first-order valence-corrected chi connectivity index (χ1v) is 12.8. The van der Waals surface area contributed by atoms with Crippen molar-refractivity contribution in [2.24, 2.45) is 0 Å². The number of phenols is 1. The predicted molar refractivity (Wildman–Crippen MR) is 150 cm³/mol. The zero-order valence-electron chi connectivity index (χ0n) is 20.7. The smallest absolute Gasteiger partial charge is 0.127 e. The van der Waals surface area contributed by atoms with Crippen molar-refractivity contribution in [3.8, 4) is 38.7 Å². The summed E-state index contributed by atoms with van der Waals surface area (Å²) in [6, 6.07) is 32.0. The fourth-order valence-corrected chi connectivity index (χ4v) is 5.51. The number of nitrogens with zero attached hydrogens (tertiary/aromatic N) is 2. The Bertz CT molecular complexity index is 1750. The maximum atomic E-state index is 10.5. The van der Waals surface area contributed by atoms with Gasteiger partial charge in [0, 0.05) is 37.7 Å². The fraction of sp³-hybridized carbons (Fsp3) is 0.125. The van der Waals surface area contributed by atoms with Crippen LogP contribution in [0.2, 0.25) is 0 Å².